The lowest BCUT2D eigenvalue weighted by molar-refractivity contribution is -0.124. The lowest BCUT2D eigenvalue weighted by atomic mass is 10.1. The van der Waals surface area contributed by atoms with Crippen LogP contribution in [-0.4, -0.2) is 23.1 Å². The van der Waals surface area contributed by atoms with Gasteiger partial charge in [0.15, 0.2) is 6.61 Å². The number of benzene rings is 1. The summed E-state index contributed by atoms with van der Waals surface area (Å²) in [6.45, 7) is 2.87. The molecule has 0 radical (unpaired) electrons. The predicted octanol–water partition coefficient (Wildman–Crippen LogP) is 3.94. The maximum absolute atomic E-state index is 12.5. The van der Waals surface area contributed by atoms with Gasteiger partial charge in [0.05, 0.1) is 6.04 Å². The van der Waals surface area contributed by atoms with Crippen LogP contribution in [0.15, 0.2) is 53.2 Å². The first kappa shape index (κ1) is 20.2. The van der Waals surface area contributed by atoms with Crippen molar-refractivity contribution in [3.8, 4) is 12.0 Å². The van der Waals surface area contributed by atoms with Crippen molar-refractivity contribution in [3.63, 3.8) is 0 Å². The number of ether oxygens (including phenoxy) is 1. The third kappa shape index (κ3) is 4.50. The number of nitrogens with zero attached hydrogens (tertiary/aromatic N) is 2. The van der Waals surface area contributed by atoms with Crippen LogP contribution < -0.4 is 5.32 Å². The molecule has 0 unspecified atom stereocenters. The number of hydrogen-bond donors (Lipinski definition) is 1. The summed E-state index contributed by atoms with van der Waals surface area (Å²) in [5, 5.41) is 12.8. The zero-order valence-corrected chi connectivity index (χ0v) is 16.6. The maximum Gasteiger partial charge on any atom is 0.343 e. The highest BCUT2D eigenvalue weighted by Crippen LogP contribution is 2.26. The van der Waals surface area contributed by atoms with Crippen molar-refractivity contribution in [2.75, 3.05) is 6.61 Å². The normalized spacial score (nSPS) is 11.5. The zero-order valence-electron chi connectivity index (χ0n) is 15.8. The fourth-order valence-electron chi connectivity index (χ4n) is 2.88. The van der Waals surface area contributed by atoms with E-state index in [4.69, 9.17) is 20.8 Å². The largest absolute Gasteiger partial charge is 0.452 e. The van der Waals surface area contributed by atoms with Gasteiger partial charge in [-0.15, -0.1) is 0 Å². The summed E-state index contributed by atoms with van der Waals surface area (Å²) in [6.07, 6.45) is 3.39. The van der Waals surface area contributed by atoms with Gasteiger partial charge < -0.3 is 14.5 Å². The molecule has 1 N–H and O–H groups in total. The Morgan fingerprint density at radius 1 is 1.31 bits per heavy atom. The van der Waals surface area contributed by atoms with E-state index in [0.717, 1.165) is 5.56 Å². The van der Waals surface area contributed by atoms with Gasteiger partial charge in [0.25, 0.3) is 5.91 Å². The van der Waals surface area contributed by atoms with E-state index in [1.54, 1.807) is 61.1 Å². The van der Waals surface area contributed by atoms with E-state index in [1.165, 1.54) is 0 Å². The molecule has 0 bridgehead atoms. The highest BCUT2D eigenvalue weighted by Gasteiger charge is 2.26. The minimum Gasteiger partial charge on any atom is -0.452 e. The molecule has 148 valence electrons. The fraction of sp³-hybridized carbons (Fsp3) is 0.190. The molecular weight excluding hydrogens is 394 g/mol. The number of hydrogen-bond acceptors (Lipinski definition) is 5. The summed E-state index contributed by atoms with van der Waals surface area (Å²) in [7, 11) is 0. The van der Waals surface area contributed by atoms with Crippen LogP contribution >= 0.6 is 11.6 Å². The van der Waals surface area contributed by atoms with E-state index in [9.17, 15) is 14.9 Å². The molecule has 0 aliphatic rings. The smallest absolute Gasteiger partial charge is 0.343 e. The van der Waals surface area contributed by atoms with Gasteiger partial charge in [0.1, 0.15) is 23.0 Å². The SMILES string of the molecule is Cc1oc(-n2cccc2)c(C#N)c1C(=O)OCC(=O)N[C@@H](C)c1cccc(Cl)c1. The summed E-state index contributed by atoms with van der Waals surface area (Å²) >= 11 is 5.96. The van der Waals surface area contributed by atoms with Gasteiger partial charge in [-0.1, -0.05) is 23.7 Å². The van der Waals surface area contributed by atoms with Gasteiger partial charge in [-0.05, 0) is 43.7 Å². The highest BCUT2D eigenvalue weighted by molar-refractivity contribution is 6.30. The van der Waals surface area contributed by atoms with Crippen LogP contribution in [0.2, 0.25) is 5.02 Å². The topological polar surface area (TPSA) is 97.3 Å². The number of carbonyl (C=O) groups is 2. The van der Waals surface area contributed by atoms with E-state index in [2.05, 4.69) is 5.32 Å². The summed E-state index contributed by atoms with van der Waals surface area (Å²) < 4.78 is 12.3. The molecular formula is C21H18ClN3O4. The second kappa shape index (κ2) is 8.67. The van der Waals surface area contributed by atoms with E-state index < -0.39 is 18.5 Å². The molecule has 0 saturated carbocycles. The van der Waals surface area contributed by atoms with Gasteiger partial charge in [-0.2, -0.15) is 5.26 Å². The van der Waals surface area contributed by atoms with Gasteiger partial charge >= 0.3 is 5.97 Å². The molecule has 1 atom stereocenters. The summed E-state index contributed by atoms with van der Waals surface area (Å²) in [5.74, 6) is -0.813. The van der Waals surface area contributed by atoms with Crippen LogP contribution in [0.4, 0.5) is 0 Å². The Morgan fingerprint density at radius 2 is 2.03 bits per heavy atom. The molecule has 7 nitrogen and oxygen atoms in total. The van der Waals surface area contributed by atoms with E-state index in [-0.39, 0.29) is 28.8 Å². The molecule has 3 aromatic rings. The number of furan rings is 1. The lowest BCUT2D eigenvalue weighted by Gasteiger charge is -2.14. The fourth-order valence-corrected chi connectivity index (χ4v) is 3.08. The van der Waals surface area contributed by atoms with Crippen molar-refractivity contribution in [3.05, 3.63) is 76.3 Å². The zero-order chi connectivity index (χ0) is 21.0. The van der Waals surface area contributed by atoms with Crippen LogP contribution in [0.25, 0.3) is 5.88 Å². The number of aryl methyl sites for hydroxylation is 1. The first-order chi connectivity index (χ1) is 13.9. The Kier molecular flexibility index (Phi) is 6.05. The van der Waals surface area contributed by atoms with E-state index in [1.807, 2.05) is 12.1 Å². The predicted molar refractivity (Wildman–Crippen MR) is 106 cm³/mol. The van der Waals surface area contributed by atoms with Crippen LogP contribution in [0.3, 0.4) is 0 Å². The molecule has 1 aromatic carbocycles. The van der Waals surface area contributed by atoms with Crippen LogP contribution in [0, 0.1) is 18.3 Å². The average molecular weight is 412 g/mol. The first-order valence-electron chi connectivity index (χ1n) is 8.79. The third-order valence-corrected chi connectivity index (χ3v) is 4.52. The minimum atomic E-state index is -0.799. The van der Waals surface area contributed by atoms with Crippen LogP contribution in [0.5, 0.6) is 0 Å². The molecule has 2 aromatic heterocycles. The Balaban J connectivity index is 1.67. The lowest BCUT2D eigenvalue weighted by Crippen LogP contribution is -2.31. The third-order valence-electron chi connectivity index (χ3n) is 4.28. The number of amides is 1. The highest BCUT2D eigenvalue weighted by atomic mass is 35.5. The number of nitrogens with one attached hydrogen (secondary N) is 1. The number of esters is 1. The minimum absolute atomic E-state index is 0.00638. The second-order valence-corrected chi connectivity index (χ2v) is 6.77. The molecule has 1 amide bonds. The molecule has 2 heterocycles. The average Bonchev–Trinajstić information content (AvgIpc) is 3.33. The maximum atomic E-state index is 12.5. The molecule has 0 saturated heterocycles. The van der Waals surface area contributed by atoms with Gasteiger partial charge in [0, 0.05) is 17.4 Å². The molecule has 0 spiro atoms. The summed E-state index contributed by atoms with van der Waals surface area (Å²) in [5.41, 5.74) is 0.884. The molecule has 0 aliphatic heterocycles. The number of halogens is 1. The molecule has 8 heteroatoms. The Morgan fingerprint density at radius 3 is 2.69 bits per heavy atom. The van der Waals surface area contributed by atoms with Crippen molar-refractivity contribution in [1.82, 2.24) is 9.88 Å². The van der Waals surface area contributed by atoms with E-state index >= 15 is 0 Å². The monoisotopic (exact) mass is 411 g/mol. The summed E-state index contributed by atoms with van der Waals surface area (Å²) in [4.78, 5) is 24.7. The van der Waals surface area contributed by atoms with Gasteiger partial charge in [0.2, 0.25) is 5.88 Å². The molecule has 3 rings (SSSR count). The standard InChI is InChI=1S/C21H18ClN3O4/c1-13(15-6-5-7-16(22)10-15)24-18(26)12-28-21(27)19-14(2)29-20(17(19)11-23)25-8-3-4-9-25/h3-10,13H,12H2,1-2H3,(H,24,26)/t13-/m0/s1. The molecule has 29 heavy (non-hydrogen) atoms. The number of nitriles is 1. The van der Waals surface area contributed by atoms with Crippen LogP contribution in [-0.2, 0) is 9.53 Å². The summed E-state index contributed by atoms with van der Waals surface area (Å²) in [6, 6.07) is 12.3. The Hall–Kier alpha value is -3.50. The van der Waals surface area contributed by atoms with E-state index in [0.29, 0.717) is 5.02 Å². The number of aromatic nitrogens is 1. The molecule has 0 fully saturated rings. The quantitative estimate of drug-likeness (QED) is 0.619. The van der Waals surface area contributed by atoms with Gasteiger partial charge in [-0.25, -0.2) is 4.79 Å². The molecule has 0 aliphatic carbocycles. The second-order valence-electron chi connectivity index (χ2n) is 6.34. The number of rotatable bonds is 6. The van der Waals surface area contributed by atoms with Crippen molar-refractivity contribution >= 4 is 23.5 Å². The van der Waals surface area contributed by atoms with Crippen molar-refractivity contribution in [1.29, 1.82) is 5.26 Å². The van der Waals surface area contributed by atoms with Crippen molar-refractivity contribution in [2.24, 2.45) is 0 Å². The first-order valence-corrected chi connectivity index (χ1v) is 9.17. The Bertz CT molecular complexity index is 1080. The van der Waals surface area contributed by atoms with Crippen molar-refractivity contribution in [2.45, 2.75) is 19.9 Å². The number of carbonyl (C=O) groups excluding carboxylic acids is 2. The Labute approximate surface area is 172 Å². The van der Waals surface area contributed by atoms with Crippen LogP contribution in [0.1, 0.15) is 40.2 Å². The van der Waals surface area contributed by atoms with Crippen molar-refractivity contribution < 1.29 is 18.7 Å². The van der Waals surface area contributed by atoms with Gasteiger partial charge in [-0.3, -0.25) is 9.36 Å².